The maximum Gasteiger partial charge on any atom is 0.337 e. The molecule has 0 unspecified atom stereocenters. The van der Waals surface area contributed by atoms with Crippen molar-refractivity contribution < 1.29 is 19.1 Å². The number of aryl methyl sites for hydroxylation is 1. The molecule has 31 heavy (non-hydrogen) atoms. The summed E-state index contributed by atoms with van der Waals surface area (Å²) in [6.45, 7) is 0. The van der Waals surface area contributed by atoms with E-state index in [-0.39, 0.29) is 11.9 Å². The first-order chi connectivity index (χ1) is 15.1. The monoisotopic (exact) mass is 416 g/mol. The SMILES string of the molecule is COC(=O)c1ccc(CCC[C@@H](Cc2ccc(C(=O)OC)cc2)c2ccccc2)cc1. The summed E-state index contributed by atoms with van der Waals surface area (Å²) >= 11 is 0. The van der Waals surface area contributed by atoms with Crippen LogP contribution in [0.5, 0.6) is 0 Å². The maximum absolute atomic E-state index is 11.7. The van der Waals surface area contributed by atoms with Crippen LogP contribution in [0.2, 0.25) is 0 Å². The Morgan fingerprint density at radius 1 is 0.710 bits per heavy atom. The summed E-state index contributed by atoms with van der Waals surface area (Å²) in [5.41, 5.74) is 4.87. The van der Waals surface area contributed by atoms with Crippen molar-refractivity contribution in [3.8, 4) is 0 Å². The lowest BCUT2D eigenvalue weighted by atomic mass is 9.87. The average Bonchev–Trinajstić information content (AvgIpc) is 2.83. The van der Waals surface area contributed by atoms with Gasteiger partial charge in [-0.15, -0.1) is 0 Å². The largest absolute Gasteiger partial charge is 0.465 e. The second-order valence-electron chi connectivity index (χ2n) is 7.58. The van der Waals surface area contributed by atoms with E-state index in [0.717, 1.165) is 25.7 Å². The van der Waals surface area contributed by atoms with Gasteiger partial charge in [0.2, 0.25) is 0 Å². The van der Waals surface area contributed by atoms with Crippen molar-refractivity contribution in [2.75, 3.05) is 14.2 Å². The molecule has 3 aromatic rings. The molecule has 1 atom stereocenters. The fourth-order valence-corrected chi connectivity index (χ4v) is 3.77. The van der Waals surface area contributed by atoms with Crippen molar-refractivity contribution in [1.29, 1.82) is 0 Å². The van der Waals surface area contributed by atoms with Crippen LogP contribution in [0.3, 0.4) is 0 Å². The zero-order chi connectivity index (χ0) is 22.1. The van der Waals surface area contributed by atoms with Gasteiger partial charge in [0.15, 0.2) is 0 Å². The van der Waals surface area contributed by atoms with Crippen LogP contribution in [0.15, 0.2) is 78.9 Å². The van der Waals surface area contributed by atoms with Gasteiger partial charge in [0.25, 0.3) is 0 Å². The molecule has 0 aromatic heterocycles. The van der Waals surface area contributed by atoms with E-state index in [4.69, 9.17) is 9.47 Å². The van der Waals surface area contributed by atoms with Gasteiger partial charge in [-0.1, -0.05) is 54.6 Å². The quantitative estimate of drug-likeness (QED) is 0.426. The molecular weight excluding hydrogens is 388 g/mol. The molecular formula is C27H28O4. The molecule has 4 heteroatoms. The fourth-order valence-electron chi connectivity index (χ4n) is 3.77. The van der Waals surface area contributed by atoms with Crippen LogP contribution in [0, 0.1) is 0 Å². The third-order valence-electron chi connectivity index (χ3n) is 5.52. The van der Waals surface area contributed by atoms with E-state index in [2.05, 4.69) is 24.3 Å². The molecule has 4 nitrogen and oxygen atoms in total. The maximum atomic E-state index is 11.7. The number of benzene rings is 3. The minimum atomic E-state index is -0.315. The molecule has 0 aliphatic rings. The third-order valence-corrected chi connectivity index (χ3v) is 5.52. The Labute approximate surface area is 183 Å². The summed E-state index contributed by atoms with van der Waals surface area (Å²) in [6.07, 6.45) is 3.94. The van der Waals surface area contributed by atoms with Crippen LogP contribution >= 0.6 is 0 Å². The summed E-state index contributed by atoms with van der Waals surface area (Å²) < 4.78 is 9.54. The highest BCUT2D eigenvalue weighted by molar-refractivity contribution is 5.89. The smallest absolute Gasteiger partial charge is 0.337 e. The van der Waals surface area contributed by atoms with E-state index >= 15 is 0 Å². The van der Waals surface area contributed by atoms with Gasteiger partial charge in [0.05, 0.1) is 25.3 Å². The molecule has 0 saturated carbocycles. The predicted molar refractivity (Wildman–Crippen MR) is 121 cm³/mol. The zero-order valence-corrected chi connectivity index (χ0v) is 18.0. The van der Waals surface area contributed by atoms with Crippen molar-refractivity contribution in [3.63, 3.8) is 0 Å². The molecule has 0 aliphatic heterocycles. The van der Waals surface area contributed by atoms with Crippen LogP contribution in [0.4, 0.5) is 0 Å². The Kier molecular flexibility index (Phi) is 7.99. The lowest BCUT2D eigenvalue weighted by Gasteiger charge is -2.18. The van der Waals surface area contributed by atoms with Gasteiger partial charge in [0.1, 0.15) is 0 Å². The molecule has 0 N–H and O–H groups in total. The zero-order valence-electron chi connectivity index (χ0n) is 18.0. The summed E-state index contributed by atoms with van der Waals surface area (Å²) in [4.78, 5) is 23.3. The minimum absolute atomic E-state index is 0.311. The number of hydrogen-bond acceptors (Lipinski definition) is 4. The average molecular weight is 417 g/mol. The summed E-state index contributed by atoms with van der Waals surface area (Å²) in [5, 5.41) is 0. The number of esters is 2. The molecule has 160 valence electrons. The minimum Gasteiger partial charge on any atom is -0.465 e. The van der Waals surface area contributed by atoms with Crippen molar-refractivity contribution in [1.82, 2.24) is 0 Å². The van der Waals surface area contributed by atoms with Gasteiger partial charge in [-0.05, 0) is 72.6 Å². The van der Waals surface area contributed by atoms with Crippen LogP contribution in [-0.2, 0) is 22.3 Å². The van der Waals surface area contributed by atoms with Gasteiger partial charge in [-0.25, -0.2) is 9.59 Å². The molecule has 3 rings (SSSR count). The van der Waals surface area contributed by atoms with Gasteiger partial charge in [-0.2, -0.15) is 0 Å². The van der Waals surface area contributed by atoms with Gasteiger partial charge < -0.3 is 9.47 Å². The van der Waals surface area contributed by atoms with E-state index in [1.165, 1.54) is 30.9 Å². The van der Waals surface area contributed by atoms with Crippen molar-refractivity contribution in [3.05, 3.63) is 107 Å². The number of ether oxygens (including phenoxy) is 2. The number of carbonyl (C=O) groups is 2. The molecule has 0 saturated heterocycles. The third kappa shape index (κ3) is 6.29. The highest BCUT2D eigenvalue weighted by Crippen LogP contribution is 2.27. The molecule has 0 amide bonds. The topological polar surface area (TPSA) is 52.6 Å². The lowest BCUT2D eigenvalue weighted by Crippen LogP contribution is -2.06. The molecule has 3 aromatic carbocycles. The van der Waals surface area contributed by atoms with Gasteiger partial charge >= 0.3 is 11.9 Å². The summed E-state index contributed by atoms with van der Waals surface area (Å²) in [6, 6.07) is 25.8. The van der Waals surface area contributed by atoms with Crippen molar-refractivity contribution >= 4 is 11.9 Å². The summed E-state index contributed by atoms with van der Waals surface area (Å²) in [5.74, 6) is -0.238. The number of hydrogen-bond donors (Lipinski definition) is 0. The first kappa shape index (κ1) is 22.3. The molecule has 0 heterocycles. The van der Waals surface area contributed by atoms with E-state index in [0.29, 0.717) is 17.0 Å². The van der Waals surface area contributed by atoms with Crippen LogP contribution in [-0.4, -0.2) is 26.2 Å². The Morgan fingerprint density at radius 2 is 1.23 bits per heavy atom. The van der Waals surface area contributed by atoms with Crippen LogP contribution in [0.1, 0.15) is 56.2 Å². The highest BCUT2D eigenvalue weighted by Gasteiger charge is 2.14. The van der Waals surface area contributed by atoms with E-state index in [9.17, 15) is 9.59 Å². The van der Waals surface area contributed by atoms with Gasteiger partial charge in [-0.3, -0.25) is 0 Å². The lowest BCUT2D eigenvalue weighted by molar-refractivity contribution is 0.0592. The Hall–Kier alpha value is -3.40. The Bertz CT molecular complexity index is 976. The standard InChI is InChI=1S/C27H28O4/c1-30-26(28)23-15-11-20(12-16-23)7-6-10-25(22-8-4-3-5-9-22)19-21-13-17-24(18-14-21)27(29)31-2/h3-5,8-9,11-18,25H,6-7,10,19H2,1-2H3/t25-/m0/s1. The fraction of sp³-hybridized carbons (Fsp3) is 0.259. The molecule has 0 radical (unpaired) electrons. The van der Waals surface area contributed by atoms with Gasteiger partial charge in [0, 0.05) is 0 Å². The second kappa shape index (κ2) is 11.1. The van der Waals surface area contributed by atoms with Crippen LogP contribution in [0.25, 0.3) is 0 Å². The van der Waals surface area contributed by atoms with E-state index < -0.39 is 0 Å². The molecule has 0 fully saturated rings. The Morgan fingerprint density at radius 3 is 1.74 bits per heavy atom. The predicted octanol–water partition coefficient (Wildman–Crippen LogP) is 5.61. The van der Waals surface area contributed by atoms with Crippen molar-refractivity contribution in [2.45, 2.75) is 31.6 Å². The van der Waals surface area contributed by atoms with Crippen LogP contribution < -0.4 is 0 Å². The number of carbonyl (C=O) groups excluding carboxylic acids is 2. The molecule has 0 bridgehead atoms. The second-order valence-corrected chi connectivity index (χ2v) is 7.58. The van der Waals surface area contributed by atoms with Crippen molar-refractivity contribution in [2.24, 2.45) is 0 Å². The van der Waals surface area contributed by atoms with E-state index in [1.807, 2.05) is 54.6 Å². The van der Waals surface area contributed by atoms with E-state index in [1.54, 1.807) is 0 Å². The first-order valence-corrected chi connectivity index (χ1v) is 10.5. The summed E-state index contributed by atoms with van der Waals surface area (Å²) in [7, 11) is 2.79. The normalized spacial score (nSPS) is 11.5. The first-order valence-electron chi connectivity index (χ1n) is 10.5. The Balaban J connectivity index is 1.64. The molecule has 0 aliphatic carbocycles. The number of methoxy groups -OCH3 is 2. The highest BCUT2D eigenvalue weighted by atomic mass is 16.5. The molecule has 0 spiro atoms. The number of rotatable bonds is 9.